The first-order chi connectivity index (χ1) is 13.2. The fraction of sp³-hybridized carbons (Fsp3) is 0.455. The van der Waals surface area contributed by atoms with Crippen LogP contribution in [-0.2, 0) is 9.53 Å². The maximum Gasteiger partial charge on any atom is 0.324 e. The van der Waals surface area contributed by atoms with Crippen molar-refractivity contribution in [2.75, 3.05) is 6.61 Å². The minimum absolute atomic E-state index is 0.344. The molecule has 3 atom stereocenters. The second-order valence-corrected chi connectivity index (χ2v) is 7.01. The number of nitrogens with zero attached hydrogens (tertiary/aromatic N) is 3. The van der Waals surface area contributed by atoms with Gasteiger partial charge in [0.2, 0.25) is 0 Å². The van der Waals surface area contributed by atoms with Crippen molar-refractivity contribution in [1.82, 2.24) is 9.97 Å². The Hall–Kier alpha value is -2.74. The Morgan fingerprint density at radius 2 is 2.04 bits per heavy atom. The lowest BCUT2D eigenvalue weighted by molar-refractivity contribution is -0.148. The molecule has 5 nitrogen and oxygen atoms in total. The van der Waals surface area contributed by atoms with Crippen molar-refractivity contribution >= 4 is 5.97 Å². The van der Waals surface area contributed by atoms with E-state index in [1.165, 1.54) is 0 Å². The van der Waals surface area contributed by atoms with Gasteiger partial charge in [-0.3, -0.25) is 14.8 Å². The van der Waals surface area contributed by atoms with Gasteiger partial charge in [0.05, 0.1) is 30.0 Å². The van der Waals surface area contributed by atoms with Gasteiger partial charge in [-0.15, -0.1) is 0 Å². The van der Waals surface area contributed by atoms with Crippen LogP contribution in [0.3, 0.4) is 0 Å². The van der Waals surface area contributed by atoms with E-state index in [1.54, 1.807) is 12.4 Å². The average molecular weight is 363 g/mol. The largest absolute Gasteiger partial charge is 0.464 e. The van der Waals surface area contributed by atoms with Crippen molar-refractivity contribution in [2.24, 2.45) is 11.8 Å². The van der Waals surface area contributed by atoms with Gasteiger partial charge in [0.1, 0.15) is 0 Å². The molecular weight excluding hydrogens is 338 g/mol. The standard InChI is InChI=1S/C22H25N3O2/c1-3-5-8-15(4-2)14-27-22(26)18(13-23)19-16-9-6-7-10-17(16)20-21(19)25-12-11-24-20/h6-7,9-12,15,18-19H,3-5,8,14H2,1-2H3. The lowest BCUT2D eigenvalue weighted by atomic mass is 9.87. The summed E-state index contributed by atoms with van der Waals surface area (Å²) in [7, 11) is 0. The molecule has 0 spiro atoms. The van der Waals surface area contributed by atoms with Gasteiger partial charge in [0.15, 0.2) is 5.92 Å². The smallest absolute Gasteiger partial charge is 0.324 e. The van der Waals surface area contributed by atoms with Crippen molar-refractivity contribution < 1.29 is 9.53 Å². The lowest BCUT2D eigenvalue weighted by Crippen LogP contribution is -2.25. The van der Waals surface area contributed by atoms with Crippen LogP contribution < -0.4 is 0 Å². The number of carbonyl (C=O) groups excluding carboxylic acids is 1. The van der Waals surface area contributed by atoms with Crippen LogP contribution in [-0.4, -0.2) is 22.5 Å². The van der Waals surface area contributed by atoms with Crippen LogP contribution in [0.4, 0.5) is 0 Å². The van der Waals surface area contributed by atoms with Gasteiger partial charge in [-0.05, 0) is 17.9 Å². The molecule has 140 valence electrons. The van der Waals surface area contributed by atoms with Gasteiger partial charge in [0.25, 0.3) is 0 Å². The summed E-state index contributed by atoms with van der Waals surface area (Å²) in [6.07, 6.45) is 7.49. The molecule has 0 N–H and O–H groups in total. The Morgan fingerprint density at radius 1 is 1.26 bits per heavy atom. The normalized spacial score (nSPS) is 16.7. The predicted octanol–water partition coefficient (Wildman–Crippen LogP) is 4.49. The van der Waals surface area contributed by atoms with Gasteiger partial charge in [-0.2, -0.15) is 5.26 Å². The third-order valence-corrected chi connectivity index (χ3v) is 5.30. The number of hydrogen-bond donors (Lipinski definition) is 0. The Morgan fingerprint density at radius 3 is 2.78 bits per heavy atom. The van der Waals surface area contributed by atoms with Crippen LogP contribution in [0.15, 0.2) is 36.7 Å². The van der Waals surface area contributed by atoms with E-state index >= 15 is 0 Å². The van der Waals surface area contributed by atoms with Crippen LogP contribution in [0.25, 0.3) is 11.3 Å². The topological polar surface area (TPSA) is 75.9 Å². The zero-order valence-electron chi connectivity index (χ0n) is 15.9. The number of aromatic nitrogens is 2. The molecule has 27 heavy (non-hydrogen) atoms. The molecule has 1 aliphatic rings. The summed E-state index contributed by atoms with van der Waals surface area (Å²) in [5.74, 6) is -1.48. The van der Waals surface area contributed by atoms with E-state index in [2.05, 4.69) is 29.9 Å². The fourth-order valence-corrected chi connectivity index (χ4v) is 3.70. The predicted molar refractivity (Wildman–Crippen MR) is 103 cm³/mol. The second kappa shape index (κ2) is 8.77. The number of ether oxygens (including phenoxy) is 1. The van der Waals surface area contributed by atoms with Gasteiger partial charge >= 0.3 is 5.97 Å². The first-order valence-electron chi connectivity index (χ1n) is 9.67. The number of nitriles is 1. The number of unbranched alkanes of at least 4 members (excludes halogenated alkanes) is 1. The summed E-state index contributed by atoms with van der Waals surface area (Å²) in [4.78, 5) is 21.6. The third kappa shape index (κ3) is 3.85. The minimum atomic E-state index is -0.923. The summed E-state index contributed by atoms with van der Waals surface area (Å²) < 4.78 is 5.58. The number of fused-ring (bicyclic) bond motifs is 3. The van der Waals surface area contributed by atoms with E-state index in [4.69, 9.17) is 4.74 Å². The molecule has 0 saturated carbocycles. The van der Waals surface area contributed by atoms with Crippen LogP contribution in [0.2, 0.25) is 0 Å². The van der Waals surface area contributed by atoms with Crippen molar-refractivity contribution in [3.63, 3.8) is 0 Å². The zero-order valence-corrected chi connectivity index (χ0v) is 15.9. The molecule has 1 aliphatic carbocycles. The molecule has 3 unspecified atom stereocenters. The first-order valence-corrected chi connectivity index (χ1v) is 9.67. The van der Waals surface area contributed by atoms with Crippen molar-refractivity contribution in [1.29, 1.82) is 5.26 Å². The van der Waals surface area contributed by atoms with E-state index in [9.17, 15) is 10.1 Å². The van der Waals surface area contributed by atoms with Gasteiger partial charge < -0.3 is 4.74 Å². The van der Waals surface area contributed by atoms with Gasteiger partial charge in [0, 0.05) is 18.0 Å². The molecule has 1 heterocycles. The molecule has 0 aliphatic heterocycles. The molecule has 1 aromatic carbocycles. The summed E-state index contributed by atoms with van der Waals surface area (Å²) >= 11 is 0. The van der Waals surface area contributed by atoms with Crippen LogP contribution in [0.1, 0.15) is 56.7 Å². The molecule has 0 saturated heterocycles. The maximum atomic E-state index is 12.8. The van der Waals surface area contributed by atoms with Gasteiger partial charge in [-0.25, -0.2) is 0 Å². The highest BCUT2D eigenvalue weighted by Crippen LogP contribution is 2.46. The van der Waals surface area contributed by atoms with Crippen LogP contribution in [0.5, 0.6) is 0 Å². The van der Waals surface area contributed by atoms with Crippen LogP contribution in [0, 0.1) is 23.2 Å². The highest BCUT2D eigenvalue weighted by atomic mass is 16.5. The molecule has 2 aromatic rings. The van der Waals surface area contributed by atoms with E-state index in [0.29, 0.717) is 18.2 Å². The number of rotatable bonds is 8. The van der Waals surface area contributed by atoms with E-state index in [-0.39, 0.29) is 0 Å². The summed E-state index contributed by atoms with van der Waals surface area (Å²) in [6, 6.07) is 9.91. The Kier molecular flexibility index (Phi) is 6.18. The molecule has 0 radical (unpaired) electrons. The SMILES string of the molecule is CCCCC(CC)COC(=O)C(C#N)C1c2ccccc2-c2nccnc21. The molecule has 0 amide bonds. The van der Waals surface area contributed by atoms with Crippen molar-refractivity contribution in [3.8, 4) is 17.3 Å². The summed E-state index contributed by atoms with van der Waals surface area (Å²) in [6.45, 7) is 4.63. The van der Waals surface area contributed by atoms with Crippen LogP contribution >= 0.6 is 0 Å². The molecule has 3 rings (SSSR count). The molecule has 5 heteroatoms. The first kappa shape index (κ1) is 19.0. The highest BCUT2D eigenvalue weighted by molar-refractivity contribution is 5.82. The van der Waals surface area contributed by atoms with E-state index in [0.717, 1.165) is 42.5 Å². The zero-order chi connectivity index (χ0) is 19.2. The van der Waals surface area contributed by atoms with E-state index < -0.39 is 17.8 Å². The number of esters is 1. The molecule has 1 aromatic heterocycles. The second-order valence-electron chi connectivity index (χ2n) is 7.01. The van der Waals surface area contributed by atoms with Crippen molar-refractivity contribution in [3.05, 3.63) is 47.9 Å². The van der Waals surface area contributed by atoms with Gasteiger partial charge in [-0.1, -0.05) is 57.4 Å². The number of benzene rings is 1. The highest BCUT2D eigenvalue weighted by Gasteiger charge is 2.41. The Bertz CT molecular complexity index is 798. The number of carbonyl (C=O) groups is 1. The lowest BCUT2D eigenvalue weighted by Gasteiger charge is -2.20. The summed E-state index contributed by atoms with van der Waals surface area (Å²) in [5.41, 5.74) is 3.29. The fourth-order valence-electron chi connectivity index (χ4n) is 3.70. The van der Waals surface area contributed by atoms with E-state index in [1.807, 2.05) is 24.3 Å². The summed E-state index contributed by atoms with van der Waals surface area (Å²) in [5, 5.41) is 9.77. The molecule has 0 bridgehead atoms. The Labute approximate surface area is 160 Å². The minimum Gasteiger partial charge on any atom is -0.464 e. The Balaban J connectivity index is 1.81. The maximum absolute atomic E-state index is 12.8. The third-order valence-electron chi connectivity index (χ3n) is 5.30. The molecule has 0 fully saturated rings. The molecular formula is C22H25N3O2. The average Bonchev–Trinajstić information content (AvgIpc) is 3.04. The van der Waals surface area contributed by atoms with Crippen molar-refractivity contribution in [2.45, 2.75) is 45.4 Å². The quantitative estimate of drug-likeness (QED) is 0.646. The number of hydrogen-bond acceptors (Lipinski definition) is 5. The monoisotopic (exact) mass is 363 g/mol.